The average molecular weight is 223 g/mol. The first-order valence-corrected chi connectivity index (χ1v) is 6.45. The highest BCUT2D eigenvalue weighted by atomic mass is 32.1. The summed E-state index contributed by atoms with van der Waals surface area (Å²) < 4.78 is 0. The normalized spacial score (nSPS) is 28.3. The third-order valence-electron chi connectivity index (χ3n) is 3.90. The van der Waals surface area contributed by atoms with Gasteiger partial charge in [0, 0.05) is 10.9 Å². The van der Waals surface area contributed by atoms with E-state index in [0.29, 0.717) is 5.41 Å². The lowest BCUT2D eigenvalue weighted by Crippen LogP contribution is -2.42. The molecule has 0 unspecified atom stereocenters. The second-order valence-corrected chi connectivity index (χ2v) is 6.05. The minimum atomic E-state index is 0.237. The van der Waals surface area contributed by atoms with E-state index in [-0.39, 0.29) is 6.04 Å². The molecule has 15 heavy (non-hydrogen) atoms. The lowest BCUT2D eigenvalue weighted by molar-refractivity contribution is 0.174. The van der Waals surface area contributed by atoms with Crippen LogP contribution < -0.4 is 11.1 Å². The Labute approximate surface area is 94.1 Å². The molecule has 1 atom stereocenters. The van der Waals surface area contributed by atoms with Gasteiger partial charge in [0.05, 0.1) is 10.7 Å². The molecule has 0 saturated carbocycles. The minimum Gasteiger partial charge on any atom is -0.323 e. The van der Waals surface area contributed by atoms with Crippen molar-refractivity contribution in [3.05, 3.63) is 15.6 Å². The topological polar surface area (TPSA) is 50.9 Å². The van der Waals surface area contributed by atoms with Gasteiger partial charge in [0.1, 0.15) is 0 Å². The fourth-order valence-electron chi connectivity index (χ4n) is 2.99. The molecular weight excluding hydrogens is 206 g/mol. The summed E-state index contributed by atoms with van der Waals surface area (Å²) >= 11 is 1.80. The highest BCUT2D eigenvalue weighted by Crippen LogP contribution is 2.51. The largest absolute Gasteiger partial charge is 0.323 e. The zero-order chi connectivity index (χ0) is 10.5. The maximum atomic E-state index is 6.41. The van der Waals surface area contributed by atoms with Crippen molar-refractivity contribution in [3.63, 3.8) is 0 Å². The van der Waals surface area contributed by atoms with Gasteiger partial charge in [-0.1, -0.05) is 0 Å². The molecule has 1 spiro atoms. The van der Waals surface area contributed by atoms with Gasteiger partial charge in [-0.05, 0) is 44.7 Å². The summed E-state index contributed by atoms with van der Waals surface area (Å²) in [6, 6.07) is 0.237. The molecule has 2 aliphatic rings. The molecule has 82 valence electrons. The van der Waals surface area contributed by atoms with Gasteiger partial charge in [0.15, 0.2) is 0 Å². The van der Waals surface area contributed by atoms with Gasteiger partial charge in [-0.3, -0.25) is 0 Å². The third kappa shape index (κ3) is 1.35. The van der Waals surface area contributed by atoms with E-state index >= 15 is 0 Å². The molecule has 0 radical (unpaired) electrons. The first kappa shape index (κ1) is 9.75. The van der Waals surface area contributed by atoms with Crippen LogP contribution in [0.3, 0.4) is 0 Å². The summed E-state index contributed by atoms with van der Waals surface area (Å²) in [6.07, 6.45) is 3.52. The van der Waals surface area contributed by atoms with Crippen molar-refractivity contribution < 1.29 is 0 Å². The van der Waals surface area contributed by atoms with Crippen LogP contribution in [-0.4, -0.2) is 18.1 Å². The first-order valence-electron chi connectivity index (χ1n) is 5.64. The monoisotopic (exact) mass is 223 g/mol. The van der Waals surface area contributed by atoms with Crippen molar-refractivity contribution in [2.24, 2.45) is 11.1 Å². The van der Waals surface area contributed by atoms with E-state index in [4.69, 9.17) is 5.73 Å². The number of hydrogen-bond acceptors (Lipinski definition) is 4. The molecule has 0 aromatic carbocycles. The van der Waals surface area contributed by atoms with Crippen molar-refractivity contribution in [3.8, 4) is 0 Å². The van der Waals surface area contributed by atoms with Gasteiger partial charge in [0.2, 0.25) is 0 Å². The van der Waals surface area contributed by atoms with Crippen LogP contribution in [0.1, 0.15) is 34.5 Å². The van der Waals surface area contributed by atoms with Gasteiger partial charge in [-0.15, -0.1) is 11.3 Å². The summed E-state index contributed by atoms with van der Waals surface area (Å²) in [5, 5.41) is 4.58. The molecule has 3 rings (SSSR count). The molecule has 1 aromatic rings. The Bertz CT molecular complexity index is 379. The minimum absolute atomic E-state index is 0.237. The number of piperidine rings is 1. The Balaban J connectivity index is 1.95. The maximum absolute atomic E-state index is 6.41. The second-order valence-electron chi connectivity index (χ2n) is 4.81. The standard InChI is InChI=1S/C11H17N3S/c1-7-14-8-6-11(2-4-13-5-3-11)10(12)9(8)15-7/h10,13H,2-6,12H2,1H3/t10-/m1/s1. The van der Waals surface area contributed by atoms with Gasteiger partial charge < -0.3 is 11.1 Å². The highest BCUT2D eigenvalue weighted by Gasteiger charge is 2.46. The van der Waals surface area contributed by atoms with E-state index < -0.39 is 0 Å². The second kappa shape index (κ2) is 3.27. The number of nitrogens with one attached hydrogen (secondary N) is 1. The van der Waals surface area contributed by atoms with Crippen molar-refractivity contribution in [1.82, 2.24) is 10.3 Å². The molecule has 3 nitrogen and oxygen atoms in total. The molecule has 1 saturated heterocycles. The smallest absolute Gasteiger partial charge is 0.0900 e. The predicted molar refractivity (Wildman–Crippen MR) is 62.0 cm³/mol. The van der Waals surface area contributed by atoms with Gasteiger partial charge in [0.25, 0.3) is 0 Å². The Kier molecular flexibility index (Phi) is 2.13. The summed E-state index contributed by atoms with van der Waals surface area (Å²) in [5.74, 6) is 0. The van der Waals surface area contributed by atoms with Crippen LogP contribution in [-0.2, 0) is 6.42 Å². The highest BCUT2D eigenvalue weighted by molar-refractivity contribution is 7.11. The SMILES string of the molecule is Cc1nc2c(s1)[C@@H](N)C1(CCNCC1)C2. The van der Waals surface area contributed by atoms with Crippen LogP contribution in [0, 0.1) is 12.3 Å². The number of aryl methyl sites for hydroxylation is 1. The number of fused-ring (bicyclic) bond motifs is 1. The summed E-state index contributed by atoms with van der Waals surface area (Å²) in [7, 11) is 0. The number of rotatable bonds is 0. The van der Waals surface area contributed by atoms with Crippen LogP contribution >= 0.6 is 11.3 Å². The van der Waals surface area contributed by atoms with Crippen LogP contribution in [0.2, 0.25) is 0 Å². The molecule has 4 heteroatoms. The number of nitrogens with two attached hydrogens (primary N) is 1. The van der Waals surface area contributed by atoms with E-state index in [2.05, 4.69) is 17.2 Å². The van der Waals surface area contributed by atoms with Crippen LogP contribution in [0.15, 0.2) is 0 Å². The van der Waals surface area contributed by atoms with E-state index in [1.54, 1.807) is 11.3 Å². The van der Waals surface area contributed by atoms with E-state index in [1.165, 1.54) is 28.4 Å². The van der Waals surface area contributed by atoms with Crippen molar-refractivity contribution >= 4 is 11.3 Å². The van der Waals surface area contributed by atoms with Gasteiger partial charge in [-0.2, -0.15) is 0 Å². The van der Waals surface area contributed by atoms with Gasteiger partial charge in [-0.25, -0.2) is 4.98 Å². The fraction of sp³-hybridized carbons (Fsp3) is 0.727. The van der Waals surface area contributed by atoms with Crippen LogP contribution in [0.25, 0.3) is 0 Å². The predicted octanol–water partition coefficient (Wildman–Crippen LogP) is 1.38. The lowest BCUT2D eigenvalue weighted by atomic mass is 9.74. The molecule has 0 bridgehead atoms. The Hall–Kier alpha value is -0.450. The molecule has 1 aliphatic heterocycles. The Morgan fingerprint density at radius 3 is 2.87 bits per heavy atom. The number of nitrogens with zero attached hydrogens (tertiary/aromatic N) is 1. The van der Waals surface area contributed by atoms with E-state index in [9.17, 15) is 0 Å². The Morgan fingerprint density at radius 1 is 1.47 bits per heavy atom. The van der Waals surface area contributed by atoms with Crippen molar-refractivity contribution in [1.29, 1.82) is 0 Å². The summed E-state index contributed by atoms with van der Waals surface area (Å²) in [6.45, 7) is 4.30. The Morgan fingerprint density at radius 2 is 2.20 bits per heavy atom. The van der Waals surface area contributed by atoms with E-state index in [0.717, 1.165) is 19.5 Å². The zero-order valence-electron chi connectivity index (χ0n) is 9.05. The number of hydrogen-bond donors (Lipinski definition) is 2. The van der Waals surface area contributed by atoms with Crippen molar-refractivity contribution in [2.45, 2.75) is 32.2 Å². The average Bonchev–Trinajstić information content (AvgIpc) is 2.68. The molecular formula is C11H17N3S. The van der Waals surface area contributed by atoms with E-state index in [1.807, 2.05) is 0 Å². The van der Waals surface area contributed by atoms with Gasteiger partial charge >= 0.3 is 0 Å². The molecule has 1 aromatic heterocycles. The quantitative estimate of drug-likeness (QED) is 0.698. The van der Waals surface area contributed by atoms with Crippen LogP contribution in [0.5, 0.6) is 0 Å². The summed E-state index contributed by atoms with van der Waals surface area (Å²) in [4.78, 5) is 5.97. The molecule has 1 aliphatic carbocycles. The fourth-order valence-corrected chi connectivity index (χ4v) is 4.08. The third-order valence-corrected chi connectivity index (χ3v) is 4.99. The zero-order valence-corrected chi connectivity index (χ0v) is 9.86. The number of aromatic nitrogens is 1. The molecule has 3 N–H and O–H groups in total. The summed E-state index contributed by atoms with van der Waals surface area (Å²) in [5.41, 5.74) is 8.02. The molecule has 2 heterocycles. The number of thiazole rings is 1. The maximum Gasteiger partial charge on any atom is 0.0900 e. The van der Waals surface area contributed by atoms with Crippen molar-refractivity contribution in [2.75, 3.05) is 13.1 Å². The lowest BCUT2D eigenvalue weighted by Gasteiger charge is -2.37. The van der Waals surface area contributed by atoms with Crippen LogP contribution in [0.4, 0.5) is 0 Å². The molecule has 1 fully saturated rings. The first-order chi connectivity index (χ1) is 7.21. The molecule has 0 amide bonds.